The minimum absolute atomic E-state index is 0.0705. The number of aliphatic hydroxyl groups excluding tert-OH is 1. The van der Waals surface area contributed by atoms with E-state index in [1.807, 2.05) is 4.90 Å². The molecule has 0 amide bonds. The van der Waals surface area contributed by atoms with Gasteiger partial charge in [-0.1, -0.05) is 0 Å². The third-order valence-corrected chi connectivity index (χ3v) is 2.94. The third-order valence-electron chi connectivity index (χ3n) is 2.94. The molecule has 1 aromatic heterocycles. The van der Waals surface area contributed by atoms with E-state index < -0.39 is 5.97 Å². The van der Waals surface area contributed by atoms with Gasteiger partial charge in [-0.25, -0.2) is 9.78 Å². The van der Waals surface area contributed by atoms with Crippen LogP contribution in [0.1, 0.15) is 23.2 Å². The average Bonchev–Trinajstić information content (AvgIpc) is 2.30. The second-order valence-corrected chi connectivity index (χ2v) is 4.15. The zero-order chi connectivity index (χ0) is 12.4. The summed E-state index contributed by atoms with van der Waals surface area (Å²) >= 11 is 0. The van der Waals surface area contributed by atoms with Gasteiger partial charge in [-0.05, 0) is 18.9 Å². The molecule has 6 nitrogen and oxygen atoms in total. The van der Waals surface area contributed by atoms with Crippen LogP contribution in [0.3, 0.4) is 0 Å². The van der Waals surface area contributed by atoms with E-state index in [1.165, 1.54) is 12.3 Å². The van der Waals surface area contributed by atoms with Crippen molar-refractivity contribution in [2.24, 2.45) is 0 Å². The predicted octanol–water partition coefficient (Wildman–Crippen LogP) is 0.323. The van der Waals surface area contributed by atoms with Gasteiger partial charge in [0, 0.05) is 13.1 Å². The zero-order valence-corrected chi connectivity index (χ0v) is 9.33. The van der Waals surface area contributed by atoms with Crippen molar-refractivity contribution in [3.8, 4) is 0 Å². The van der Waals surface area contributed by atoms with Gasteiger partial charge in [0.1, 0.15) is 5.82 Å². The number of carboxylic acids is 1. The number of hydrogen-bond donors (Lipinski definition) is 3. The molecule has 6 heteroatoms. The Morgan fingerprint density at radius 3 is 2.71 bits per heavy atom. The Morgan fingerprint density at radius 2 is 2.12 bits per heavy atom. The fraction of sp³-hybridized carbons (Fsp3) is 0.455. The lowest BCUT2D eigenvalue weighted by Crippen LogP contribution is -2.36. The van der Waals surface area contributed by atoms with Crippen molar-refractivity contribution in [3.63, 3.8) is 0 Å². The summed E-state index contributed by atoms with van der Waals surface area (Å²) in [5.74, 6) is -0.452. The van der Waals surface area contributed by atoms with Gasteiger partial charge in [0.2, 0.25) is 0 Å². The van der Waals surface area contributed by atoms with Crippen LogP contribution in [0.4, 0.5) is 11.5 Å². The second kappa shape index (κ2) is 4.58. The summed E-state index contributed by atoms with van der Waals surface area (Å²) in [5.41, 5.74) is 5.78. The molecule has 2 heterocycles. The summed E-state index contributed by atoms with van der Waals surface area (Å²) in [5, 5.41) is 18.4. The molecule has 2 rings (SSSR count). The van der Waals surface area contributed by atoms with Crippen molar-refractivity contribution in [1.82, 2.24) is 4.98 Å². The van der Waals surface area contributed by atoms with Crippen LogP contribution in [-0.4, -0.2) is 40.4 Å². The Morgan fingerprint density at radius 1 is 1.47 bits per heavy atom. The molecule has 0 aromatic carbocycles. The topological polar surface area (TPSA) is 99.7 Å². The smallest absolute Gasteiger partial charge is 0.337 e. The minimum Gasteiger partial charge on any atom is -0.478 e. The Bertz CT molecular complexity index is 428. The van der Waals surface area contributed by atoms with Gasteiger partial charge < -0.3 is 20.8 Å². The molecule has 1 fully saturated rings. The number of rotatable bonds is 2. The predicted molar refractivity (Wildman–Crippen MR) is 63.1 cm³/mol. The van der Waals surface area contributed by atoms with E-state index >= 15 is 0 Å². The van der Waals surface area contributed by atoms with E-state index in [0.29, 0.717) is 31.7 Å². The number of nitrogens with zero attached hydrogens (tertiary/aromatic N) is 2. The number of hydrogen-bond acceptors (Lipinski definition) is 5. The highest BCUT2D eigenvalue weighted by molar-refractivity contribution is 5.94. The van der Waals surface area contributed by atoms with E-state index in [-0.39, 0.29) is 17.4 Å². The van der Waals surface area contributed by atoms with Crippen LogP contribution in [0, 0.1) is 0 Å². The summed E-state index contributed by atoms with van der Waals surface area (Å²) in [7, 11) is 0. The van der Waals surface area contributed by atoms with Crippen LogP contribution >= 0.6 is 0 Å². The molecule has 0 saturated carbocycles. The zero-order valence-electron chi connectivity index (χ0n) is 9.33. The molecule has 0 atom stereocenters. The Kier molecular flexibility index (Phi) is 3.14. The molecule has 1 aromatic rings. The molecule has 4 N–H and O–H groups in total. The maximum atomic E-state index is 10.9. The first-order chi connectivity index (χ1) is 8.08. The summed E-state index contributed by atoms with van der Waals surface area (Å²) in [4.78, 5) is 17.0. The van der Waals surface area contributed by atoms with Crippen LogP contribution in [-0.2, 0) is 0 Å². The van der Waals surface area contributed by atoms with Gasteiger partial charge in [0.05, 0.1) is 23.6 Å². The number of nitrogens with two attached hydrogens (primary N) is 1. The summed E-state index contributed by atoms with van der Waals surface area (Å²) < 4.78 is 0. The first-order valence-electron chi connectivity index (χ1n) is 5.49. The van der Waals surface area contributed by atoms with Crippen molar-refractivity contribution in [2.45, 2.75) is 18.9 Å². The van der Waals surface area contributed by atoms with Crippen LogP contribution in [0.15, 0.2) is 12.3 Å². The molecule has 0 aliphatic carbocycles. The number of carbonyl (C=O) groups is 1. The van der Waals surface area contributed by atoms with E-state index in [1.54, 1.807) is 0 Å². The number of piperidine rings is 1. The summed E-state index contributed by atoms with van der Waals surface area (Å²) in [6, 6.07) is 1.48. The van der Waals surface area contributed by atoms with Gasteiger partial charge >= 0.3 is 5.97 Å². The van der Waals surface area contributed by atoms with E-state index in [4.69, 9.17) is 10.8 Å². The monoisotopic (exact) mass is 237 g/mol. The maximum Gasteiger partial charge on any atom is 0.337 e. The number of aromatic carboxylic acids is 1. The lowest BCUT2D eigenvalue weighted by molar-refractivity contribution is 0.0698. The number of anilines is 2. The summed E-state index contributed by atoms with van der Waals surface area (Å²) in [6.45, 7) is 1.36. The van der Waals surface area contributed by atoms with Crippen LogP contribution in [0.5, 0.6) is 0 Å². The molecular weight excluding hydrogens is 222 g/mol. The number of carboxylic acid groups (broad SMARTS) is 1. The fourth-order valence-electron chi connectivity index (χ4n) is 1.91. The average molecular weight is 237 g/mol. The van der Waals surface area contributed by atoms with Crippen LogP contribution in [0.2, 0.25) is 0 Å². The van der Waals surface area contributed by atoms with Gasteiger partial charge in [0.15, 0.2) is 0 Å². The highest BCUT2D eigenvalue weighted by Crippen LogP contribution is 2.21. The van der Waals surface area contributed by atoms with Crippen molar-refractivity contribution in [3.05, 3.63) is 17.8 Å². The van der Waals surface area contributed by atoms with Crippen molar-refractivity contribution >= 4 is 17.5 Å². The van der Waals surface area contributed by atoms with Crippen LogP contribution in [0.25, 0.3) is 0 Å². The lowest BCUT2D eigenvalue weighted by atomic mass is 10.1. The largest absolute Gasteiger partial charge is 0.478 e. The number of nitrogen functional groups attached to an aromatic ring is 1. The highest BCUT2D eigenvalue weighted by atomic mass is 16.4. The van der Waals surface area contributed by atoms with Gasteiger partial charge in [-0.15, -0.1) is 0 Å². The maximum absolute atomic E-state index is 10.9. The number of aliphatic hydroxyl groups is 1. The van der Waals surface area contributed by atoms with Crippen LogP contribution < -0.4 is 10.6 Å². The Balaban J connectivity index is 2.21. The first-order valence-corrected chi connectivity index (χ1v) is 5.49. The standard InChI is InChI=1S/C11H15N3O3/c12-9-6-13-10(5-8(9)11(16)17)14-3-1-7(15)2-4-14/h5-7,15H,1-4,12H2,(H,16,17). The quantitative estimate of drug-likeness (QED) is 0.685. The molecule has 0 unspecified atom stereocenters. The van der Waals surface area contributed by atoms with Crippen molar-refractivity contribution < 1.29 is 15.0 Å². The fourth-order valence-corrected chi connectivity index (χ4v) is 1.91. The van der Waals surface area contributed by atoms with Gasteiger partial charge in [-0.2, -0.15) is 0 Å². The van der Waals surface area contributed by atoms with E-state index in [9.17, 15) is 9.90 Å². The SMILES string of the molecule is Nc1cnc(N2CCC(O)CC2)cc1C(=O)O. The van der Waals surface area contributed by atoms with Crippen molar-refractivity contribution in [1.29, 1.82) is 0 Å². The Hall–Kier alpha value is -1.82. The minimum atomic E-state index is -1.05. The molecule has 1 aliphatic heterocycles. The first kappa shape index (κ1) is 11.7. The lowest BCUT2D eigenvalue weighted by Gasteiger charge is -2.30. The number of aromatic nitrogens is 1. The summed E-state index contributed by atoms with van der Waals surface area (Å²) in [6.07, 6.45) is 2.45. The molecule has 92 valence electrons. The molecule has 0 spiro atoms. The molecule has 0 bridgehead atoms. The molecule has 0 radical (unpaired) electrons. The normalized spacial score (nSPS) is 17.1. The molecular formula is C11H15N3O3. The second-order valence-electron chi connectivity index (χ2n) is 4.15. The highest BCUT2D eigenvalue weighted by Gasteiger charge is 2.19. The molecule has 17 heavy (non-hydrogen) atoms. The molecule has 1 aliphatic rings. The van der Waals surface area contributed by atoms with Gasteiger partial charge in [-0.3, -0.25) is 0 Å². The number of pyridine rings is 1. The third kappa shape index (κ3) is 2.47. The Labute approximate surface area is 98.7 Å². The van der Waals surface area contributed by atoms with Crippen molar-refractivity contribution in [2.75, 3.05) is 23.7 Å². The van der Waals surface area contributed by atoms with E-state index in [2.05, 4.69) is 4.98 Å². The van der Waals surface area contributed by atoms with E-state index in [0.717, 1.165) is 0 Å². The van der Waals surface area contributed by atoms with Gasteiger partial charge in [0.25, 0.3) is 0 Å². The molecule has 1 saturated heterocycles.